The molecule has 4 aromatic rings. The van der Waals surface area contributed by atoms with Crippen LogP contribution in [0.2, 0.25) is 0 Å². The van der Waals surface area contributed by atoms with Crippen molar-refractivity contribution >= 4 is 32.0 Å². The molecule has 0 amide bonds. The smallest absolute Gasteiger partial charge is 0.243 e. The van der Waals surface area contributed by atoms with E-state index in [1.165, 1.54) is 11.6 Å². The van der Waals surface area contributed by atoms with Gasteiger partial charge < -0.3 is 9.32 Å². The summed E-state index contributed by atoms with van der Waals surface area (Å²) in [7, 11) is -3.69. The maximum absolute atomic E-state index is 12.9. The number of aromatic nitrogens is 2. The predicted molar refractivity (Wildman–Crippen MR) is 112 cm³/mol. The molecule has 3 heterocycles. The van der Waals surface area contributed by atoms with E-state index in [2.05, 4.69) is 30.6 Å². The molecule has 1 N–H and O–H groups in total. The van der Waals surface area contributed by atoms with Crippen LogP contribution in [0.4, 0.5) is 0 Å². The average Bonchev–Trinajstić information content (AvgIpc) is 3.40. The van der Waals surface area contributed by atoms with E-state index in [4.69, 9.17) is 4.42 Å². The van der Waals surface area contributed by atoms with Crippen molar-refractivity contribution in [2.75, 3.05) is 19.6 Å². The van der Waals surface area contributed by atoms with Gasteiger partial charge in [-0.2, -0.15) is 0 Å². The molecule has 1 aliphatic heterocycles. The summed E-state index contributed by atoms with van der Waals surface area (Å²) in [5.74, 6) is 0. The van der Waals surface area contributed by atoms with Gasteiger partial charge in [-0.1, -0.05) is 24.3 Å². The molecule has 0 saturated carbocycles. The number of fused-ring (bicyclic) bond motifs is 2. The molecule has 5 rings (SSSR count). The van der Waals surface area contributed by atoms with E-state index in [1.54, 1.807) is 12.1 Å². The largest absolute Gasteiger partial charge is 0.464 e. The van der Waals surface area contributed by atoms with E-state index >= 15 is 0 Å². The van der Waals surface area contributed by atoms with Crippen LogP contribution in [0.1, 0.15) is 18.4 Å². The average molecular weight is 426 g/mol. The molecule has 8 nitrogen and oxygen atoms in total. The highest BCUT2D eigenvalue weighted by Gasteiger charge is 2.27. The minimum Gasteiger partial charge on any atom is -0.464 e. The number of hydrogen-bond donors (Lipinski definition) is 1. The molecule has 2 aromatic carbocycles. The fourth-order valence-corrected chi connectivity index (χ4v) is 5.52. The Kier molecular flexibility index (Phi) is 5.01. The van der Waals surface area contributed by atoms with Crippen molar-refractivity contribution in [3.8, 4) is 0 Å². The van der Waals surface area contributed by atoms with Crippen LogP contribution < -0.4 is 4.72 Å². The summed E-state index contributed by atoms with van der Waals surface area (Å²) < 4.78 is 38.8. The van der Waals surface area contributed by atoms with Gasteiger partial charge in [0.25, 0.3) is 0 Å². The van der Waals surface area contributed by atoms with E-state index in [-0.39, 0.29) is 16.5 Å². The number of nitrogens with one attached hydrogen (secondary N) is 1. The molecule has 156 valence electrons. The van der Waals surface area contributed by atoms with Crippen molar-refractivity contribution < 1.29 is 17.5 Å². The van der Waals surface area contributed by atoms with Gasteiger partial charge in [-0.15, -0.1) is 0 Å². The first kappa shape index (κ1) is 19.2. The van der Waals surface area contributed by atoms with Crippen LogP contribution in [0.15, 0.2) is 62.7 Å². The zero-order valence-corrected chi connectivity index (χ0v) is 17.1. The van der Waals surface area contributed by atoms with Gasteiger partial charge in [0.1, 0.15) is 16.0 Å². The molecule has 1 saturated heterocycles. The lowest BCUT2D eigenvalue weighted by Gasteiger charge is -2.32. The molecule has 0 radical (unpaired) electrons. The lowest BCUT2D eigenvalue weighted by Crippen LogP contribution is -2.45. The maximum atomic E-state index is 12.9. The van der Waals surface area contributed by atoms with Gasteiger partial charge in [-0.3, -0.25) is 0 Å². The van der Waals surface area contributed by atoms with Gasteiger partial charge in [0.2, 0.25) is 10.0 Å². The van der Waals surface area contributed by atoms with Crippen LogP contribution >= 0.6 is 0 Å². The molecule has 30 heavy (non-hydrogen) atoms. The highest BCUT2D eigenvalue weighted by atomic mass is 32.2. The Bertz CT molecular complexity index is 1270. The fourth-order valence-electron chi connectivity index (χ4n) is 4.06. The minimum absolute atomic E-state index is 0.101. The zero-order valence-electron chi connectivity index (χ0n) is 16.3. The number of para-hydroxylation sites is 1. The molecule has 0 bridgehead atoms. The summed E-state index contributed by atoms with van der Waals surface area (Å²) in [5.41, 5.74) is 2.81. The second-order valence-corrected chi connectivity index (χ2v) is 9.31. The Morgan fingerprint density at radius 2 is 1.90 bits per heavy atom. The van der Waals surface area contributed by atoms with Gasteiger partial charge in [0, 0.05) is 18.0 Å². The number of likely N-dealkylation sites (tertiary alicyclic amines) is 1. The molecule has 1 fully saturated rings. The van der Waals surface area contributed by atoms with Crippen LogP contribution in [-0.2, 0) is 16.4 Å². The Balaban J connectivity index is 1.18. The summed E-state index contributed by atoms with van der Waals surface area (Å²) in [4.78, 5) is 2.48. The normalized spacial score (nSPS) is 16.5. The zero-order chi connectivity index (χ0) is 20.6. The minimum atomic E-state index is -3.69. The van der Waals surface area contributed by atoms with Gasteiger partial charge in [-0.25, -0.2) is 17.8 Å². The molecule has 0 spiro atoms. The summed E-state index contributed by atoms with van der Waals surface area (Å²) in [6, 6.07) is 12.8. The highest BCUT2D eigenvalue weighted by Crippen LogP contribution is 2.23. The molecule has 0 atom stereocenters. The number of furan rings is 1. The first-order valence-electron chi connectivity index (χ1n) is 10.0. The number of piperidine rings is 1. The van der Waals surface area contributed by atoms with Gasteiger partial charge in [-0.05, 0) is 66.4 Å². The maximum Gasteiger partial charge on any atom is 0.243 e. The van der Waals surface area contributed by atoms with Crippen LogP contribution in [0.5, 0.6) is 0 Å². The van der Waals surface area contributed by atoms with Gasteiger partial charge >= 0.3 is 0 Å². The SMILES string of the molecule is O=S(=O)(NC1CCN(CCc2coc3ccccc23)CC1)c1cccc2nonc12. The van der Waals surface area contributed by atoms with E-state index in [9.17, 15) is 8.42 Å². The Labute approximate surface area is 173 Å². The lowest BCUT2D eigenvalue weighted by molar-refractivity contribution is 0.209. The molecule has 1 aliphatic rings. The third kappa shape index (κ3) is 3.71. The van der Waals surface area contributed by atoms with Crippen molar-refractivity contribution in [2.24, 2.45) is 0 Å². The number of sulfonamides is 1. The molecule has 2 aromatic heterocycles. The van der Waals surface area contributed by atoms with Crippen molar-refractivity contribution in [3.05, 3.63) is 54.3 Å². The van der Waals surface area contributed by atoms with Crippen molar-refractivity contribution in [2.45, 2.75) is 30.2 Å². The van der Waals surface area contributed by atoms with Crippen LogP contribution in [0.3, 0.4) is 0 Å². The standard InChI is InChI=1S/C21H22N4O4S/c26-30(27,20-7-3-5-18-21(20)23-29-22-18)24-16-9-12-25(13-10-16)11-8-15-14-28-19-6-2-1-4-17(15)19/h1-7,14,16,24H,8-13H2. The Hall–Kier alpha value is -2.75. The molecular formula is C21H22N4O4S. The molecule has 0 aliphatic carbocycles. The lowest BCUT2D eigenvalue weighted by atomic mass is 10.0. The molecule has 0 unspecified atom stereocenters. The predicted octanol–water partition coefficient (Wildman–Crippen LogP) is 2.95. The Morgan fingerprint density at radius 3 is 2.77 bits per heavy atom. The van der Waals surface area contributed by atoms with Crippen molar-refractivity contribution in [1.29, 1.82) is 0 Å². The number of rotatable bonds is 6. The van der Waals surface area contributed by atoms with E-state index in [0.29, 0.717) is 5.52 Å². The van der Waals surface area contributed by atoms with Crippen LogP contribution in [0.25, 0.3) is 22.0 Å². The summed E-state index contributed by atoms with van der Waals surface area (Å²) >= 11 is 0. The van der Waals surface area contributed by atoms with E-state index in [1.807, 2.05) is 24.5 Å². The highest BCUT2D eigenvalue weighted by molar-refractivity contribution is 7.89. The summed E-state index contributed by atoms with van der Waals surface area (Å²) in [6.45, 7) is 2.62. The first-order chi connectivity index (χ1) is 14.6. The molecular weight excluding hydrogens is 404 g/mol. The van der Waals surface area contributed by atoms with Crippen molar-refractivity contribution in [3.63, 3.8) is 0 Å². The van der Waals surface area contributed by atoms with Gasteiger partial charge in [0.15, 0.2) is 5.52 Å². The number of nitrogens with zero attached hydrogens (tertiary/aromatic N) is 3. The first-order valence-corrected chi connectivity index (χ1v) is 11.5. The number of hydrogen-bond acceptors (Lipinski definition) is 7. The summed E-state index contributed by atoms with van der Waals surface area (Å²) in [6.07, 6.45) is 4.27. The van der Waals surface area contributed by atoms with E-state index in [0.717, 1.165) is 49.9 Å². The summed E-state index contributed by atoms with van der Waals surface area (Å²) in [5, 5.41) is 8.62. The monoisotopic (exact) mass is 426 g/mol. The van der Waals surface area contributed by atoms with Crippen LogP contribution in [0, 0.1) is 0 Å². The Morgan fingerprint density at radius 1 is 1.07 bits per heavy atom. The fraction of sp³-hybridized carbons (Fsp3) is 0.333. The van der Waals surface area contributed by atoms with E-state index < -0.39 is 10.0 Å². The molecule has 9 heteroatoms. The topological polar surface area (TPSA) is 101 Å². The van der Waals surface area contributed by atoms with Crippen LogP contribution in [-0.4, -0.2) is 49.3 Å². The van der Waals surface area contributed by atoms with Gasteiger partial charge in [0.05, 0.1) is 6.26 Å². The third-order valence-electron chi connectivity index (χ3n) is 5.71. The number of benzene rings is 2. The quantitative estimate of drug-likeness (QED) is 0.506. The third-order valence-corrected chi connectivity index (χ3v) is 7.26. The second-order valence-electron chi connectivity index (χ2n) is 7.63. The van der Waals surface area contributed by atoms with Crippen molar-refractivity contribution in [1.82, 2.24) is 19.9 Å². The second kappa shape index (κ2) is 7.82.